The summed E-state index contributed by atoms with van der Waals surface area (Å²) in [4.78, 5) is 24.2. The number of rotatable bonds is 2. The number of pyridine rings is 3. The van der Waals surface area contributed by atoms with Gasteiger partial charge in [0.15, 0.2) is 12.4 Å². The highest BCUT2D eigenvalue weighted by molar-refractivity contribution is 6.31. The van der Waals surface area contributed by atoms with Crippen LogP contribution in [0.3, 0.4) is 0 Å². The normalized spacial score (nSPS) is 16.5. The van der Waals surface area contributed by atoms with Gasteiger partial charge in [0.2, 0.25) is 5.91 Å². The summed E-state index contributed by atoms with van der Waals surface area (Å²) in [5.41, 5.74) is 16.2. The van der Waals surface area contributed by atoms with Crippen LogP contribution in [-0.4, -0.2) is 47.0 Å². The molecule has 3 aromatic heterocycles. The van der Waals surface area contributed by atoms with E-state index in [2.05, 4.69) is 41.7 Å². The van der Waals surface area contributed by atoms with Gasteiger partial charge in [-0.25, -0.2) is 0 Å². The predicted molar refractivity (Wildman–Crippen MR) is 215 cm³/mol. The molecule has 4 aliphatic rings. The Morgan fingerprint density at radius 2 is 1.22 bits per heavy atom. The van der Waals surface area contributed by atoms with Crippen LogP contribution in [0, 0.1) is 5.21 Å². The largest absolute Gasteiger partial charge is 0.619 e. The van der Waals surface area contributed by atoms with Gasteiger partial charge in [-0.05, 0) is 140 Å². The van der Waals surface area contributed by atoms with Crippen LogP contribution in [0.2, 0.25) is 10.0 Å². The molecule has 2 saturated heterocycles. The molecular formula is C45H43Cl2N5O2. The van der Waals surface area contributed by atoms with E-state index in [0.717, 1.165) is 90.5 Å². The molecule has 2 aliphatic heterocycles. The fourth-order valence-corrected chi connectivity index (χ4v) is 8.80. The van der Waals surface area contributed by atoms with Crippen LogP contribution < -0.4 is 10.0 Å². The molecule has 0 unspecified atom stereocenters. The van der Waals surface area contributed by atoms with Crippen molar-refractivity contribution in [1.82, 2.24) is 20.2 Å². The average molecular weight is 757 g/mol. The van der Waals surface area contributed by atoms with Crippen LogP contribution in [-0.2, 0) is 36.9 Å². The second-order valence-corrected chi connectivity index (χ2v) is 15.3. The number of nitrogens with zero attached hydrogens (tertiary/aromatic N) is 4. The Balaban J connectivity index is 0.000000164. The number of carbonyl (C=O) groups excluding carboxylic acids is 1. The Kier molecular flexibility index (Phi) is 10.9. The minimum absolute atomic E-state index is 0.0619. The monoisotopic (exact) mass is 755 g/mol. The maximum atomic E-state index is 12.8. The maximum Gasteiger partial charge on any atom is 0.227 e. The number of hydrogen-bond acceptors (Lipinski definition) is 5. The van der Waals surface area contributed by atoms with E-state index in [1.165, 1.54) is 73.8 Å². The number of nitrogens with one attached hydrogen (secondary N) is 1. The predicted octanol–water partition coefficient (Wildman–Crippen LogP) is 8.15. The van der Waals surface area contributed by atoms with Gasteiger partial charge in [0.05, 0.1) is 17.8 Å². The number of likely N-dealkylation sites (tertiary alicyclic amines) is 1. The first-order valence-corrected chi connectivity index (χ1v) is 19.7. The molecule has 2 aromatic carbocycles. The number of aromatic nitrogens is 3. The van der Waals surface area contributed by atoms with E-state index >= 15 is 0 Å². The summed E-state index contributed by atoms with van der Waals surface area (Å²) >= 11 is 12.5. The number of aryl methyl sites for hydroxylation is 4. The van der Waals surface area contributed by atoms with Gasteiger partial charge >= 0.3 is 0 Å². The number of hydrogen-bond donors (Lipinski definition) is 1. The molecule has 54 heavy (non-hydrogen) atoms. The lowest BCUT2D eigenvalue weighted by molar-refractivity contribution is -0.605. The van der Waals surface area contributed by atoms with E-state index in [-0.39, 0.29) is 12.3 Å². The van der Waals surface area contributed by atoms with Crippen molar-refractivity contribution < 1.29 is 9.52 Å². The number of benzene rings is 2. The highest BCUT2D eigenvalue weighted by Crippen LogP contribution is 2.39. The summed E-state index contributed by atoms with van der Waals surface area (Å²) in [5, 5.41) is 16.5. The molecule has 9 rings (SSSR count). The van der Waals surface area contributed by atoms with Crippen LogP contribution in [0.15, 0.2) is 109 Å². The van der Waals surface area contributed by atoms with Gasteiger partial charge in [-0.15, -0.1) is 0 Å². The van der Waals surface area contributed by atoms with Crippen LogP contribution in [0.25, 0.3) is 11.1 Å². The lowest BCUT2D eigenvalue weighted by Crippen LogP contribution is -2.38. The minimum atomic E-state index is 0.0619. The molecule has 0 atom stereocenters. The third-order valence-electron chi connectivity index (χ3n) is 11.1. The number of amides is 1. The van der Waals surface area contributed by atoms with Crippen LogP contribution in [0.1, 0.15) is 76.0 Å². The Bertz CT molecular complexity index is 2260. The van der Waals surface area contributed by atoms with Crippen molar-refractivity contribution in [2.24, 2.45) is 0 Å². The number of piperidine rings is 2. The molecule has 0 saturated carbocycles. The molecule has 2 aliphatic carbocycles. The summed E-state index contributed by atoms with van der Waals surface area (Å²) in [7, 11) is 0. The van der Waals surface area contributed by atoms with E-state index in [1.54, 1.807) is 6.07 Å². The Labute approximate surface area is 327 Å². The van der Waals surface area contributed by atoms with Gasteiger partial charge < -0.3 is 15.4 Å². The van der Waals surface area contributed by atoms with Crippen LogP contribution in [0.4, 0.5) is 0 Å². The first kappa shape index (κ1) is 36.2. The first-order chi connectivity index (χ1) is 26.4. The van der Waals surface area contributed by atoms with Crippen molar-refractivity contribution in [3.05, 3.63) is 174 Å². The number of carbonyl (C=O) groups is 1. The quantitative estimate of drug-likeness (QED) is 0.145. The van der Waals surface area contributed by atoms with Gasteiger partial charge in [-0.1, -0.05) is 58.6 Å². The molecule has 274 valence electrons. The fraction of sp³-hybridized carbons (Fsp3) is 0.289. The van der Waals surface area contributed by atoms with Gasteiger partial charge in [0.1, 0.15) is 0 Å². The highest BCUT2D eigenvalue weighted by atomic mass is 35.5. The van der Waals surface area contributed by atoms with Crippen molar-refractivity contribution in [2.75, 3.05) is 26.2 Å². The average Bonchev–Trinajstić information content (AvgIpc) is 3.46. The lowest BCUT2D eigenvalue weighted by atomic mass is 9.88. The van der Waals surface area contributed by atoms with Crippen LogP contribution >= 0.6 is 23.2 Å². The van der Waals surface area contributed by atoms with Gasteiger partial charge in [-0.3, -0.25) is 14.8 Å². The molecule has 0 spiro atoms. The van der Waals surface area contributed by atoms with Gasteiger partial charge in [0, 0.05) is 58.3 Å². The summed E-state index contributed by atoms with van der Waals surface area (Å²) < 4.78 is 0.738. The molecule has 1 amide bonds. The topological polar surface area (TPSA) is 85.1 Å². The van der Waals surface area contributed by atoms with E-state index in [0.29, 0.717) is 13.1 Å². The zero-order chi connectivity index (χ0) is 37.0. The lowest BCUT2D eigenvalue weighted by Gasteiger charge is -2.30. The van der Waals surface area contributed by atoms with E-state index in [1.807, 2.05) is 47.6 Å². The van der Waals surface area contributed by atoms with E-state index in [4.69, 9.17) is 33.2 Å². The van der Waals surface area contributed by atoms with Crippen molar-refractivity contribution in [2.45, 2.75) is 57.8 Å². The molecule has 0 bridgehead atoms. The second kappa shape index (κ2) is 16.3. The third-order valence-corrected chi connectivity index (χ3v) is 11.6. The fourth-order valence-electron chi connectivity index (χ4n) is 8.41. The Hall–Kier alpha value is -4.82. The molecule has 1 N–H and O–H groups in total. The molecular weight excluding hydrogens is 713 g/mol. The molecule has 0 radical (unpaired) electrons. The first-order valence-electron chi connectivity index (χ1n) is 19.0. The molecule has 9 heteroatoms. The summed E-state index contributed by atoms with van der Waals surface area (Å²) in [6.45, 7) is 3.47. The second-order valence-electron chi connectivity index (χ2n) is 14.5. The van der Waals surface area contributed by atoms with Crippen molar-refractivity contribution in [3.63, 3.8) is 0 Å². The van der Waals surface area contributed by atoms with Crippen LogP contribution in [0.5, 0.6) is 0 Å². The van der Waals surface area contributed by atoms with E-state index in [9.17, 15) is 10.0 Å². The third kappa shape index (κ3) is 7.85. The zero-order valence-electron chi connectivity index (χ0n) is 30.3. The smallest absolute Gasteiger partial charge is 0.227 e. The van der Waals surface area contributed by atoms with Crippen molar-refractivity contribution in [3.8, 4) is 0 Å². The summed E-state index contributed by atoms with van der Waals surface area (Å²) in [6.07, 6.45) is 14.7. The number of fused-ring (bicyclic) bond motifs is 4. The molecule has 7 nitrogen and oxygen atoms in total. The minimum Gasteiger partial charge on any atom is -0.619 e. The SMILES string of the molecule is Clc1ccc2c(c1)CCc1cccnc1C2=C1CCNCC1.O=C(Cc1ccc[n+]([O-])c1)N1CCC(=C2c3ccc(Cl)cc3CCc3cccnc32)CC1. The summed E-state index contributed by atoms with van der Waals surface area (Å²) in [5.74, 6) is 0.0619. The summed E-state index contributed by atoms with van der Waals surface area (Å²) in [6, 6.07) is 24.4. The zero-order valence-corrected chi connectivity index (χ0v) is 31.8. The van der Waals surface area contributed by atoms with Crippen molar-refractivity contribution in [1.29, 1.82) is 0 Å². The van der Waals surface area contributed by atoms with Gasteiger partial charge in [0.25, 0.3) is 0 Å². The number of halogens is 2. The molecule has 5 heterocycles. The Morgan fingerprint density at radius 1 is 0.685 bits per heavy atom. The molecule has 5 aromatic rings. The Morgan fingerprint density at radius 3 is 1.78 bits per heavy atom. The standard InChI is InChI=1S/C26H24ClN3O2.C19H19ClN2/c27-22-7-8-23-21(16-22)6-5-20-4-1-11-28-26(20)25(23)19-9-13-29(14-10-19)24(31)15-18-3-2-12-30(32)17-18;20-16-5-6-17-15(12-16)4-3-14-2-1-9-22-19(14)18(17)13-7-10-21-11-8-13/h1-4,7-8,11-12,16-17H,5-6,9-10,13-15H2;1-2,5-6,9,12,21H,3-4,7-8,10-11H2. The highest BCUT2D eigenvalue weighted by Gasteiger charge is 2.27. The van der Waals surface area contributed by atoms with E-state index < -0.39 is 0 Å². The maximum absolute atomic E-state index is 12.8. The van der Waals surface area contributed by atoms with Crippen molar-refractivity contribution >= 4 is 40.3 Å². The van der Waals surface area contributed by atoms with Gasteiger partial charge in [-0.2, -0.15) is 4.73 Å². The molecule has 2 fully saturated rings.